The molecule has 0 spiro atoms. The third-order valence-corrected chi connectivity index (χ3v) is 2.91. The Balaban J connectivity index is 2.90. The first kappa shape index (κ1) is 16.9. The standard InChI is InChI=1S/C14H19FN2O4/c1-2-3-7-17(8-9-18)14(21)16-11-6-4-5-10(15)12(11)13(19)20/h4-6,18H,2-3,7-9H2,1H3,(H,16,21)(H,19,20). The number of rotatable bonds is 7. The Hall–Kier alpha value is -2.15. The fourth-order valence-electron chi connectivity index (χ4n) is 1.82. The normalized spacial score (nSPS) is 10.2. The second kappa shape index (κ2) is 8.21. The van der Waals surface area contributed by atoms with Crippen molar-refractivity contribution in [1.82, 2.24) is 4.90 Å². The molecule has 2 amide bonds. The van der Waals surface area contributed by atoms with E-state index in [4.69, 9.17) is 10.2 Å². The fraction of sp³-hybridized carbons (Fsp3) is 0.429. The van der Waals surface area contributed by atoms with Crippen molar-refractivity contribution >= 4 is 17.7 Å². The highest BCUT2D eigenvalue weighted by molar-refractivity contribution is 6.00. The number of unbranched alkanes of at least 4 members (excludes halogenated alkanes) is 1. The van der Waals surface area contributed by atoms with E-state index in [-0.39, 0.29) is 18.8 Å². The Kier molecular flexibility index (Phi) is 6.61. The second-order valence-corrected chi connectivity index (χ2v) is 4.46. The average molecular weight is 298 g/mol. The Morgan fingerprint density at radius 3 is 2.62 bits per heavy atom. The van der Waals surface area contributed by atoms with Crippen LogP contribution in [0.5, 0.6) is 0 Å². The summed E-state index contributed by atoms with van der Waals surface area (Å²) in [6.45, 7) is 2.32. The molecule has 21 heavy (non-hydrogen) atoms. The zero-order chi connectivity index (χ0) is 15.8. The molecule has 1 aromatic carbocycles. The second-order valence-electron chi connectivity index (χ2n) is 4.46. The van der Waals surface area contributed by atoms with E-state index in [9.17, 15) is 14.0 Å². The van der Waals surface area contributed by atoms with Crippen molar-refractivity contribution in [3.05, 3.63) is 29.6 Å². The summed E-state index contributed by atoms with van der Waals surface area (Å²) in [5, 5.41) is 20.3. The van der Waals surface area contributed by atoms with Gasteiger partial charge in [0.2, 0.25) is 0 Å². The lowest BCUT2D eigenvalue weighted by atomic mass is 10.1. The van der Waals surface area contributed by atoms with Gasteiger partial charge in [-0.15, -0.1) is 0 Å². The molecule has 7 heteroatoms. The Morgan fingerprint density at radius 2 is 2.05 bits per heavy atom. The predicted molar refractivity (Wildman–Crippen MR) is 75.9 cm³/mol. The SMILES string of the molecule is CCCCN(CCO)C(=O)Nc1cccc(F)c1C(=O)O. The Labute approximate surface area is 122 Å². The van der Waals surface area contributed by atoms with Gasteiger partial charge in [-0.05, 0) is 18.6 Å². The molecule has 6 nitrogen and oxygen atoms in total. The van der Waals surface area contributed by atoms with Crippen molar-refractivity contribution in [2.24, 2.45) is 0 Å². The highest BCUT2D eigenvalue weighted by atomic mass is 19.1. The van der Waals surface area contributed by atoms with Crippen LogP contribution >= 0.6 is 0 Å². The molecule has 0 saturated heterocycles. The van der Waals surface area contributed by atoms with E-state index in [1.165, 1.54) is 17.0 Å². The molecule has 0 aromatic heterocycles. The number of urea groups is 1. The molecule has 0 radical (unpaired) electrons. The number of aromatic carboxylic acids is 1. The number of aliphatic hydroxyl groups excluding tert-OH is 1. The molecule has 3 N–H and O–H groups in total. The van der Waals surface area contributed by atoms with E-state index in [1.54, 1.807) is 0 Å². The van der Waals surface area contributed by atoms with Gasteiger partial charge in [0.15, 0.2) is 0 Å². The number of nitrogens with zero attached hydrogens (tertiary/aromatic N) is 1. The van der Waals surface area contributed by atoms with Crippen LogP contribution in [0.2, 0.25) is 0 Å². The molecule has 1 aromatic rings. The van der Waals surface area contributed by atoms with Crippen LogP contribution in [0.15, 0.2) is 18.2 Å². The third-order valence-electron chi connectivity index (χ3n) is 2.91. The van der Waals surface area contributed by atoms with Crippen LogP contribution in [0, 0.1) is 5.82 Å². The van der Waals surface area contributed by atoms with Crippen LogP contribution in [-0.4, -0.2) is 46.8 Å². The average Bonchev–Trinajstić information content (AvgIpc) is 2.43. The van der Waals surface area contributed by atoms with Gasteiger partial charge in [-0.3, -0.25) is 0 Å². The summed E-state index contributed by atoms with van der Waals surface area (Å²) >= 11 is 0. The molecule has 0 bridgehead atoms. The number of halogens is 1. The predicted octanol–water partition coefficient (Wildman–Crippen LogP) is 2.15. The van der Waals surface area contributed by atoms with E-state index < -0.39 is 23.4 Å². The summed E-state index contributed by atoms with van der Waals surface area (Å²) in [4.78, 5) is 24.5. The van der Waals surface area contributed by atoms with Gasteiger partial charge in [0.1, 0.15) is 11.4 Å². The molecule has 1 rings (SSSR count). The number of carbonyl (C=O) groups is 2. The van der Waals surface area contributed by atoms with E-state index in [1.807, 2.05) is 6.92 Å². The summed E-state index contributed by atoms with van der Waals surface area (Å²) in [5.74, 6) is -2.37. The molecule has 0 aliphatic carbocycles. The molecule has 0 aliphatic rings. The van der Waals surface area contributed by atoms with Gasteiger partial charge in [-0.2, -0.15) is 0 Å². The maximum absolute atomic E-state index is 13.5. The number of carboxylic acid groups (broad SMARTS) is 1. The van der Waals surface area contributed by atoms with Gasteiger partial charge in [0, 0.05) is 13.1 Å². The third kappa shape index (κ3) is 4.71. The van der Waals surface area contributed by atoms with E-state index in [2.05, 4.69) is 5.32 Å². The molecular formula is C14H19FN2O4. The van der Waals surface area contributed by atoms with Crippen LogP contribution in [0.25, 0.3) is 0 Å². The van der Waals surface area contributed by atoms with Gasteiger partial charge >= 0.3 is 12.0 Å². The summed E-state index contributed by atoms with van der Waals surface area (Å²) in [6.07, 6.45) is 1.62. The molecule has 0 saturated carbocycles. The monoisotopic (exact) mass is 298 g/mol. The van der Waals surface area contributed by atoms with Crippen molar-refractivity contribution < 1.29 is 24.2 Å². The Bertz CT molecular complexity index is 508. The maximum Gasteiger partial charge on any atom is 0.340 e. The summed E-state index contributed by atoms with van der Waals surface area (Å²) in [6, 6.07) is 3.09. The highest BCUT2D eigenvalue weighted by Gasteiger charge is 2.19. The minimum Gasteiger partial charge on any atom is -0.478 e. The number of benzene rings is 1. The van der Waals surface area contributed by atoms with Crippen molar-refractivity contribution in [1.29, 1.82) is 0 Å². The largest absolute Gasteiger partial charge is 0.478 e. The molecule has 0 unspecified atom stereocenters. The number of carbonyl (C=O) groups excluding carboxylic acids is 1. The molecule has 0 aliphatic heterocycles. The van der Waals surface area contributed by atoms with Gasteiger partial charge in [-0.25, -0.2) is 14.0 Å². The highest BCUT2D eigenvalue weighted by Crippen LogP contribution is 2.19. The first-order valence-corrected chi connectivity index (χ1v) is 6.69. The van der Waals surface area contributed by atoms with Gasteiger partial charge in [-0.1, -0.05) is 19.4 Å². The van der Waals surface area contributed by atoms with Crippen molar-refractivity contribution in [3.63, 3.8) is 0 Å². The zero-order valence-corrected chi connectivity index (χ0v) is 11.8. The first-order chi connectivity index (χ1) is 10.0. The van der Waals surface area contributed by atoms with Gasteiger partial charge < -0.3 is 20.4 Å². The minimum atomic E-state index is -1.45. The number of anilines is 1. The lowest BCUT2D eigenvalue weighted by Crippen LogP contribution is -2.38. The molecule has 116 valence electrons. The number of hydrogen-bond donors (Lipinski definition) is 3. The van der Waals surface area contributed by atoms with Gasteiger partial charge in [0.25, 0.3) is 0 Å². The van der Waals surface area contributed by atoms with Crippen molar-refractivity contribution in [3.8, 4) is 0 Å². The smallest absolute Gasteiger partial charge is 0.340 e. The Morgan fingerprint density at radius 1 is 1.33 bits per heavy atom. The van der Waals surface area contributed by atoms with Crippen LogP contribution < -0.4 is 5.32 Å². The maximum atomic E-state index is 13.5. The molecular weight excluding hydrogens is 279 g/mol. The van der Waals surface area contributed by atoms with Gasteiger partial charge in [0.05, 0.1) is 12.3 Å². The van der Waals surface area contributed by atoms with E-state index >= 15 is 0 Å². The van der Waals surface area contributed by atoms with E-state index in [0.717, 1.165) is 18.9 Å². The summed E-state index contributed by atoms with van der Waals surface area (Å²) in [7, 11) is 0. The van der Waals surface area contributed by atoms with Crippen molar-refractivity contribution in [2.45, 2.75) is 19.8 Å². The first-order valence-electron chi connectivity index (χ1n) is 6.69. The lowest BCUT2D eigenvalue weighted by molar-refractivity contribution is 0.0693. The number of carboxylic acids is 1. The van der Waals surface area contributed by atoms with Crippen molar-refractivity contribution in [2.75, 3.05) is 25.0 Å². The number of nitrogens with one attached hydrogen (secondary N) is 1. The topological polar surface area (TPSA) is 89.9 Å². The zero-order valence-electron chi connectivity index (χ0n) is 11.8. The molecule has 0 heterocycles. The molecule has 0 atom stereocenters. The summed E-state index contributed by atoms with van der Waals surface area (Å²) in [5.41, 5.74) is -0.683. The van der Waals surface area contributed by atoms with E-state index in [0.29, 0.717) is 6.54 Å². The fourth-order valence-corrected chi connectivity index (χ4v) is 1.82. The summed E-state index contributed by atoms with van der Waals surface area (Å²) < 4.78 is 13.5. The minimum absolute atomic E-state index is 0.105. The van der Waals surface area contributed by atoms with Crippen LogP contribution in [0.1, 0.15) is 30.1 Å². The number of aliphatic hydroxyl groups is 1. The van der Waals surface area contributed by atoms with Crippen LogP contribution in [0.4, 0.5) is 14.9 Å². The number of amides is 2. The van der Waals surface area contributed by atoms with Crippen LogP contribution in [0.3, 0.4) is 0 Å². The number of hydrogen-bond acceptors (Lipinski definition) is 3. The van der Waals surface area contributed by atoms with Crippen LogP contribution in [-0.2, 0) is 0 Å². The lowest BCUT2D eigenvalue weighted by Gasteiger charge is -2.22. The molecule has 0 fully saturated rings. The quantitative estimate of drug-likeness (QED) is 0.719.